The molecule has 1 N–H and O–H groups in total. The molecule has 2 amide bonds. The highest BCUT2D eigenvalue weighted by atomic mass is 16.5. The topological polar surface area (TPSA) is 93.3 Å². The van der Waals surface area contributed by atoms with Crippen LogP contribution in [-0.2, 0) is 16.0 Å². The lowest BCUT2D eigenvalue weighted by Crippen LogP contribution is -2.43. The Hall–Kier alpha value is -4.20. The number of rotatable bonds is 7. The minimum absolute atomic E-state index is 0.0872. The molecule has 1 aliphatic heterocycles. The first-order valence-electron chi connectivity index (χ1n) is 11.4. The maximum absolute atomic E-state index is 13.1. The molecule has 3 heterocycles. The van der Waals surface area contributed by atoms with Crippen molar-refractivity contribution in [3.05, 3.63) is 85.0 Å². The van der Waals surface area contributed by atoms with Crippen molar-refractivity contribution in [1.29, 1.82) is 0 Å². The lowest BCUT2D eigenvalue weighted by atomic mass is 10.1. The molecule has 2 aromatic carbocycles. The van der Waals surface area contributed by atoms with Gasteiger partial charge in [-0.05, 0) is 37.1 Å². The van der Waals surface area contributed by atoms with Crippen molar-refractivity contribution < 1.29 is 14.1 Å². The highest BCUT2D eigenvalue weighted by Crippen LogP contribution is 2.24. The van der Waals surface area contributed by atoms with Crippen LogP contribution < -0.4 is 5.32 Å². The molecule has 1 atom stereocenters. The highest BCUT2D eigenvalue weighted by molar-refractivity contribution is 5.98. The van der Waals surface area contributed by atoms with Gasteiger partial charge in [-0.25, -0.2) is 0 Å². The Morgan fingerprint density at radius 2 is 1.76 bits per heavy atom. The third-order valence-electron chi connectivity index (χ3n) is 5.97. The fourth-order valence-corrected chi connectivity index (χ4v) is 4.27. The molecule has 0 radical (unpaired) electrons. The predicted molar refractivity (Wildman–Crippen MR) is 127 cm³/mol. The number of nitrogens with one attached hydrogen (secondary N) is 1. The van der Waals surface area contributed by atoms with Gasteiger partial charge >= 0.3 is 0 Å². The molecule has 1 saturated heterocycles. The SMILES string of the molecule is O=C(Nc1ccccc1-n1cccc1)[C@@H]1CCCN1C(=O)CCc1nc(-c2ccccc2)no1. The van der Waals surface area contributed by atoms with Gasteiger partial charge in [-0.2, -0.15) is 4.98 Å². The molecule has 2 aromatic heterocycles. The Balaban J connectivity index is 1.22. The first-order valence-corrected chi connectivity index (χ1v) is 11.4. The molecule has 34 heavy (non-hydrogen) atoms. The number of amides is 2. The summed E-state index contributed by atoms with van der Waals surface area (Å²) in [5.41, 5.74) is 2.45. The first kappa shape index (κ1) is 21.6. The van der Waals surface area contributed by atoms with Crippen LogP contribution in [0.15, 0.2) is 83.6 Å². The molecule has 4 aromatic rings. The summed E-state index contributed by atoms with van der Waals surface area (Å²) in [5, 5.41) is 7.03. The molecule has 0 aliphatic carbocycles. The second-order valence-corrected chi connectivity index (χ2v) is 8.22. The van der Waals surface area contributed by atoms with E-state index in [9.17, 15) is 9.59 Å². The van der Waals surface area contributed by atoms with E-state index in [4.69, 9.17) is 4.52 Å². The van der Waals surface area contributed by atoms with Crippen LogP contribution in [-0.4, -0.2) is 44.0 Å². The molecule has 5 rings (SSSR count). The standard InChI is InChI=1S/C26H25N5O3/c32-24(15-14-23-28-25(29-34-23)19-9-2-1-3-10-19)31-18-8-13-22(31)26(33)27-20-11-4-5-12-21(20)30-16-6-7-17-30/h1-7,9-12,16-17,22H,8,13-15,18H2,(H,27,33)/t22-/m0/s1. The van der Waals surface area contributed by atoms with E-state index >= 15 is 0 Å². The number of hydrogen-bond acceptors (Lipinski definition) is 5. The molecule has 8 heteroatoms. The summed E-state index contributed by atoms with van der Waals surface area (Å²) >= 11 is 0. The van der Waals surface area contributed by atoms with E-state index in [0.29, 0.717) is 36.8 Å². The quantitative estimate of drug-likeness (QED) is 0.453. The van der Waals surface area contributed by atoms with Gasteiger partial charge in [0.25, 0.3) is 0 Å². The molecular weight excluding hydrogens is 430 g/mol. The summed E-state index contributed by atoms with van der Waals surface area (Å²) in [4.78, 5) is 32.2. The molecule has 172 valence electrons. The molecular formula is C26H25N5O3. The average Bonchev–Trinajstić information content (AvgIpc) is 3.65. The number of anilines is 1. The number of hydrogen-bond donors (Lipinski definition) is 1. The van der Waals surface area contributed by atoms with Crippen molar-refractivity contribution in [2.24, 2.45) is 0 Å². The summed E-state index contributed by atoms with van der Waals surface area (Å²) < 4.78 is 7.27. The molecule has 0 spiro atoms. The lowest BCUT2D eigenvalue weighted by molar-refractivity contribution is -0.136. The number of carbonyl (C=O) groups is 2. The zero-order valence-corrected chi connectivity index (χ0v) is 18.6. The normalized spacial score (nSPS) is 15.4. The van der Waals surface area contributed by atoms with E-state index in [1.165, 1.54) is 0 Å². The molecule has 0 unspecified atom stereocenters. The van der Waals surface area contributed by atoms with Gasteiger partial charge in [-0.1, -0.05) is 47.6 Å². The van der Waals surface area contributed by atoms with Crippen molar-refractivity contribution in [3.63, 3.8) is 0 Å². The zero-order chi connectivity index (χ0) is 23.3. The molecule has 0 saturated carbocycles. The number of aromatic nitrogens is 3. The lowest BCUT2D eigenvalue weighted by Gasteiger charge is -2.24. The molecule has 1 aliphatic rings. The number of nitrogens with zero attached hydrogens (tertiary/aromatic N) is 4. The van der Waals surface area contributed by atoms with Gasteiger partial charge in [-0.15, -0.1) is 0 Å². The van der Waals surface area contributed by atoms with Gasteiger partial charge in [0.05, 0.1) is 11.4 Å². The number of carbonyl (C=O) groups excluding carboxylic acids is 2. The van der Waals surface area contributed by atoms with Crippen LogP contribution in [0.1, 0.15) is 25.2 Å². The van der Waals surface area contributed by atoms with E-state index in [2.05, 4.69) is 15.5 Å². The second-order valence-electron chi connectivity index (χ2n) is 8.22. The van der Waals surface area contributed by atoms with E-state index in [0.717, 1.165) is 17.7 Å². The minimum Gasteiger partial charge on any atom is -0.339 e. The molecule has 8 nitrogen and oxygen atoms in total. The monoisotopic (exact) mass is 455 g/mol. The smallest absolute Gasteiger partial charge is 0.247 e. The fourth-order valence-electron chi connectivity index (χ4n) is 4.27. The summed E-state index contributed by atoms with van der Waals surface area (Å²) in [5.74, 6) is 0.654. The van der Waals surface area contributed by atoms with Crippen LogP contribution in [0.4, 0.5) is 5.69 Å². The van der Waals surface area contributed by atoms with Gasteiger partial charge in [-0.3, -0.25) is 9.59 Å². The van der Waals surface area contributed by atoms with E-state index in [1.807, 2.05) is 83.7 Å². The molecule has 1 fully saturated rings. The zero-order valence-electron chi connectivity index (χ0n) is 18.6. The minimum atomic E-state index is -0.493. The number of likely N-dealkylation sites (tertiary alicyclic amines) is 1. The molecule has 0 bridgehead atoms. The Labute approximate surface area is 197 Å². The maximum Gasteiger partial charge on any atom is 0.247 e. The van der Waals surface area contributed by atoms with Crippen LogP contribution in [0, 0.1) is 0 Å². The van der Waals surface area contributed by atoms with Gasteiger partial charge in [0.15, 0.2) is 0 Å². The first-order chi connectivity index (χ1) is 16.7. The second kappa shape index (κ2) is 9.74. The van der Waals surface area contributed by atoms with Gasteiger partial charge in [0.2, 0.25) is 23.5 Å². The van der Waals surface area contributed by atoms with Crippen LogP contribution in [0.3, 0.4) is 0 Å². The Kier molecular flexibility index (Phi) is 6.20. The summed E-state index contributed by atoms with van der Waals surface area (Å²) in [6, 6.07) is 20.5. The number of aryl methyl sites for hydroxylation is 1. The van der Waals surface area contributed by atoms with Gasteiger partial charge in [0, 0.05) is 37.3 Å². The van der Waals surface area contributed by atoms with Crippen molar-refractivity contribution in [3.8, 4) is 17.1 Å². The highest BCUT2D eigenvalue weighted by Gasteiger charge is 2.34. The van der Waals surface area contributed by atoms with Crippen molar-refractivity contribution in [2.45, 2.75) is 31.7 Å². The number of benzene rings is 2. The van der Waals surface area contributed by atoms with E-state index in [1.54, 1.807) is 4.90 Å². The summed E-state index contributed by atoms with van der Waals surface area (Å²) in [7, 11) is 0. The van der Waals surface area contributed by atoms with Crippen molar-refractivity contribution in [1.82, 2.24) is 19.6 Å². The third kappa shape index (κ3) is 4.61. The Morgan fingerprint density at radius 1 is 1.00 bits per heavy atom. The van der Waals surface area contributed by atoms with E-state index in [-0.39, 0.29) is 18.2 Å². The van der Waals surface area contributed by atoms with Crippen LogP contribution >= 0.6 is 0 Å². The maximum atomic E-state index is 13.1. The largest absolute Gasteiger partial charge is 0.339 e. The fraction of sp³-hybridized carbons (Fsp3) is 0.231. The Morgan fingerprint density at radius 3 is 2.59 bits per heavy atom. The van der Waals surface area contributed by atoms with Gasteiger partial charge < -0.3 is 19.3 Å². The number of para-hydroxylation sites is 2. The van der Waals surface area contributed by atoms with Crippen LogP contribution in [0.5, 0.6) is 0 Å². The Bertz CT molecular complexity index is 1270. The average molecular weight is 456 g/mol. The van der Waals surface area contributed by atoms with E-state index < -0.39 is 6.04 Å². The van der Waals surface area contributed by atoms with Crippen LogP contribution in [0.2, 0.25) is 0 Å². The predicted octanol–water partition coefficient (Wildman–Crippen LogP) is 4.09. The summed E-state index contributed by atoms with van der Waals surface area (Å²) in [6.07, 6.45) is 5.83. The van der Waals surface area contributed by atoms with Crippen molar-refractivity contribution in [2.75, 3.05) is 11.9 Å². The third-order valence-corrected chi connectivity index (χ3v) is 5.97. The van der Waals surface area contributed by atoms with Gasteiger partial charge in [0.1, 0.15) is 6.04 Å². The summed E-state index contributed by atoms with van der Waals surface area (Å²) in [6.45, 7) is 0.565. The van der Waals surface area contributed by atoms with Crippen molar-refractivity contribution >= 4 is 17.5 Å². The van der Waals surface area contributed by atoms with Crippen LogP contribution in [0.25, 0.3) is 17.1 Å².